The number of carbonyl (C=O) groups excluding carboxylic acids is 1. The average Bonchev–Trinajstić information content (AvgIpc) is 3.06. The molecule has 1 aliphatic heterocycles. The lowest BCUT2D eigenvalue weighted by Gasteiger charge is -2.15. The number of urea groups is 1. The van der Waals surface area contributed by atoms with Gasteiger partial charge in [-0.25, -0.2) is 4.79 Å². The second kappa shape index (κ2) is 7.17. The van der Waals surface area contributed by atoms with Crippen molar-refractivity contribution in [3.05, 3.63) is 59.4 Å². The van der Waals surface area contributed by atoms with Gasteiger partial charge in [-0.1, -0.05) is 29.8 Å². The van der Waals surface area contributed by atoms with Crippen LogP contribution >= 0.6 is 11.6 Å². The van der Waals surface area contributed by atoms with Gasteiger partial charge in [-0.15, -0.1) is 10.2 Å². The summed E-state index contributed by atoms with van der Waals surface area (Å²) in [5.74, 6) is 1.88. The Labute approximate surface area is 156 Å². The smallest absolute Gasteiger partial charge is 0.311 e. The number of nitrogens with zero attached hydrogens (tertiary/aromatic N) is 3. The Hall–Kier alpha value is -2.86. The number of aryl methyl sites for hydroxylation is 1. The molecule has 2 heterocycles. The Morgan fingerprint density at radius 2 is 1.77 bits per heavy atom. The molecule has 2 amide bonds. The molecule has 132 valence electrons. The normalized spacial score (nSPS) is 13.1. The summed E-state index contributed by atoms with van der Waals surface area (Å²) in [5, 5.41) is 14.8. The fraction of sp³-hybridized carbons (Fsp3) is 0.211. The summed E-state index contributed by atoms with van der Waals surface area (Å²) in [6.45, 7) is 0.935. The summed E-state index contributed by atoms with van der Waals surface area (Å²) in [5.41, 5.74) is 2.26. The second-order valence-electron chi connectivity index (χ2n) is 6.22. The van der Waals surface area contributed by atoms with Crippen LogP contribution in [-0.2, 0) is 13.0 Å². The maximum atomic E-state index is 12.2. The van der Waals surface area contributed by atoms with Gasteiger partial charge >= 0.3 is 6.03 Å². The van der Waals surface area contributed by atoms with Crippen LogP contribution in [0.4, 0.5) is 16.2 Å². The highest BCUT2D eigenvalue weighted by atomic mass is 35.5. The number of fused-ring (bicyclic) bond motifs is 1. The summed E-state index contributed by atoms with van der Waals surface area (Å²) in [4.78, 5) is 12.2. The molecule has 1 aliphatic rings. The first-order valence-corrected chi connectivity index (χ1v) is 8.93. The fourth-order valence-electron chi connectivity index (χ4n) is 3.12. The average molecular weight is 368 g/mol. The van der Waals surface area contributed by atoms with E-state index in [1.54, 1.807) is 24.3 Å². The number of aromatic nitrogens is 3. The van der Waals surface area contributed by atoms with Gasteiger partial charge in [0.1, 0.15) is 5.82 Å². The van der Waals surface area contributed by atoms with Crippen molar-refractivity contribution in [2.24, 2.45) is 0 Å². The van der Waals surface area contributed by atoms with Gasteiger partial charge in [0.05, 0.1) is 0 Å². The highest BCUT2D eigenvalue weighted by Gasteiger charge is 2.17. The van der Waals surface area contributed by atoms with E-state index in [4.69, 9.17) is 11.6 Å². The first-order valence-electron chi connectivity index (χ1n) is 8.55. The van der Waals surface area contributed by atoms with Crippen LogP contribution in [0.25, 0.3) is 11.4 Å². The molecule has 0 bridgehead atoms. The van der Waals surface area contributed by atoms with Crippen molar-refractivity contribution in [2.75, 3.05) is 10.6 Å². The van der Waals surface area contributed by atoms with Crippen molar-refractivity contribution in [2.45, 2.75) is 25.8 Å². The highest BCUT2D eigenvalue weighted by molar-refractivity contribution is 6.30. The lowest BCUT2D eigenvalue weighted by atomic mass is 10.1. The van der Waals surface area contributed by atoms with Crippen LogP contribution in [0.5, 0.6) is 0 Å². The van der Waals surface area contributed by atoms with Gasteiger partial charge in [0, 0.05) is 34.9 Å². The van der Waals surface area contributed by atoms with Crippen LogP contribution in [0.3, 0.4) is 0 Å². The molecule has 3 aromatic rings. The molecule has 2 aromatic carbocycles. The number of rotatable bonds is 3. The molecule has 0 saturated heterocycles. The van der Waals surface area contributed by atoms with E-state index in [0.717, 1.165) is 43.0 Å². The van der Waals surface area contributed by atoms with Gasteiger partial charge in [-0.3, -0.25) is 0 Å². The van der Waals surface area contributed by atoms with Crippen LogP contribution in [0.1, 0.15) is 18.7 Å². The zero-order chi connectivity index (χ0) is 17.9. The molecule has 0 saturated carbocycles. The molecule has 4 rings (SSSR count). The van der Waals surface area contributed by atoms with E-state index in [1.807, 2.05) is 24.3 Å². The van der Waals surface area contributed by atoms with Crippen molar-refractivity contribution in [3.63, 3.8) is 0 Å². The monoisotopic (exact) mass is 367 g/mol. The van der Waals surface area contributed by atoms with Crippen molar-refractivity contribution in [1.82, 2.24) is 14.8 Å². The summed E-state index contributed by atoms with van der Waals surface area (Å²) in [6.07, 6.45) is 3.26. The van der Waals surface area contributed by atoms with Crippen molar-refractivity contribution < 1.29 is 4.79 Å². The molecule has 0 aliphatic carbocycles. The van der Waals surface area contributed by atoms with E-state index < -0.39 is 0 Å². The minimum Gasteiger partial charge on any atom is -0.311 e. The summed E-state index contributed by atoms with van der Waals surface area (Å²) in [6, 6.07) is 14.3. The lowest BCUT2D eigenvalue weighted by Crippen LogP contribution is -2.19. The minimum atomic E-state index is -0.326. The zero-order valence-electron chi connectivity index (χ0n) is 14.1. The molecule has 0 spiro atoms. The lowest BCUT2D eigenvalue weighted by molar-refractivity contribution is 0.262. The molecule has 0 atom stereocenters. The molecule has 0 radical (unpaired) electrons. The Bertz CT molecular complexity index is 953. The van der Waals surface area contributed by atoms with Crippen molar-refractivity contribution in [3.8, 4) is 11.4 Å². The zero-order valence-corrected chi connectivity index (χ0v) is 14.8. The number of nitrogens with one attached hydrogen (secondary N) is 2. The molecule has 2 N–H and O–H groups in total. The highest BCUT2D eigenvalue weighted by Crippen LogP contribution is 2.25. The summed E-state index contributed by atoms with van der Waals surface area (Å²) >= 11 is 5.94. The van der Waals surface area contributed by atoms with Crippen LogP contribution in [0, 0.1) is 0 Å². The number of halogens is 1. The fourth-order valence-corrected chi connectivity index (χ4v) is 3.31. The summed E-state index contributed by atoms with van der Waals surface area (Å²) < 4.78 is 2.16. The van der Waals surface area contributed by atoms with Crippen molar-refractivity contribution in [1.29, 1.82) is 0 Å². The van der Waals surface area contributed by atoms with Crippen LogP contribution in [0.15, 0.2) is 48.5 Å². The first-order chi connectivity index (χ1) is 12.7. The van der Waals surface area contributed by atoms with Crippen LogP contribution < -0.4 is 10.6 Å². The maximum Gasteiger partial charge on any atom is 0.323 e. The predicted octanol–water partition coefficient (Wildman–Crippen LogP) is 4.58. The Balaban J connectivity index is 1.51. The molecular weight excluding hydrogens is 350 g/mol. The Kier molecular flexibility index (Phi) is 4.58. The number of hydrogen-bond acceptors (Lipinski definition) is 3. The minimum absolute atomic E-state index is 0.326. The number of anilines is 2. The number of benzene rings is 2. The first kappa shape index (κ1) is 16.6. The van der Waals surface area contributed by atoms with Gasteiger partial charge in [-0.2, -0.15) is 0 Å². The molecule has 0 fully saturated rings. The van der Waals surface area contributed by atoms with Gasteiger partial charge in [0.2, 0.25) is 0 Å². The van der Waals surface area contributed by atoms with Gasteiger partial charge in [-0.05, 0) is 43.2 Å². The van der Waals surface area contributed by atoms with Gasteiger partial charge in [0.25, 0.3) is 0 Å². The quantitative estimate of drug-likeness (QED) is 0.711. The maximum absolute atomic E-state index is 12.2. The number of amides is 2. The summed E-state index contributed by atoms with van der Waals surface area (Å²) in [7, 11) is 0. The van der Waals surface area contributed by atoms with E-state index in [2.05, 4.69) is 25.4 Å². The number of carbonyl (C=O) groups is 1. The van der Waals surface area contributed by atoms with E-state index in [0.29, 0.717) is 16.4 Å². The molecule has 26 heavy (non-hydrogen) atoms. The molecule has 7 heteroatoms. The van der Waals surface area contributed by atoms with Crippen LogP contribution in [-0.4, -0.2) is 20.8 Å². The molecule has 0 unspecified atom stereocenters. The molecule has 6 nitrogen and oxygen atoms in total. The second-order valence-corrected chi connectivity index (χ2v) is 6.66. The van der Waals surface area contributed by atoms with E-state index >= 15 is 0 Å². The topological polar surface area (TPSA) is 71.8 Å². The number of hydrogen-bond donors (Lipinski definition) is 2. The van der Waals surface area contributed by atoms with E-state index in [-0.39, 0.29) is 6.03 Å². The van der Waals surface area contributed by atoms with Gasteiger partial charge in [0.15, 0.2) is 5.82 Å². The third-order valence-electron chi connectivity index (χ3n) is 4.32. The Morgan fingerprint density at radius 3 is 2.58 bits per heavy atom. The van der Waals surface area contributed by atoms with Gasteiger partial charge < -0.3 is 15.2 Å². The standard InChI is InChI=1S/C19H18ClN5O/c20-14-6-4-8-16(12-14)22-19(26)21-15-7-3-5-13(11-15)18-24-23-17-9-1-2-10-25(17)18/h3-8,11-12H,1-2,9-10H2,(H2,21,22,26). The SMILES string of the molecule is O=C(Nc1cccc(Cl)c1)Nc1cccc(-c2nnc3n2CCCC3)c1. The largest absolute Gasteiger partial charge is 0.323 e. The molecule has 1 aromatic heterocycles. The Morgan fingerprint density at radius 1 is 1.00 bits per heavy atom. The third-order valence-corrected chi connectivity index (χ3v) is 4.56. The predicted molar refractivity (Wildman–Crippen MR) is 102 cm³/mol. The molecular formula is C19H18ClN5O. The third kappa shape index (κ3) is 3.55. The van der Waals surface area contributed by atoms with E-state index in [1.165, 1.54) is 0 Å². The van der Waals surface area contributed by atoms with E-state index in [9.17, 15) is 4.79 Å². The van der Waals surface area contributed by atoms with Crippen LogP contribution in [0.2, 0.25) is 5.02 Å². The van der Waals surface area contributed by atoms with Crippen molar-refractivity contribution >= 4 is 29.0 Å².